The van der Waals surface area contributed by atoms with E-state index in [0.717, 1.165) is 12.8 Å². The fourth-order valence-corrected chi connectivity index (χ4v) is 2.83. The van der Waals surface area contributed by atoms with Gasteiger partial charge in [0.05, 0.1) is 29.9 Å². The summed E-state index contributed by atoms with van der Waals surface area (Å²) in [5, 5.41) is 3.20. The first-order valence-electron chi connectivity index (χ1n) is 7.82. The molecule has 1 aliphatic rings. The lowest BCUT2D eigenvalue weighted by atomic mass is 9.96. The summed E-state index contributed by atoms with van der Waals surface area (Å²) in [6, 6.07) is 4.81. The summed E-state index contributed by atoms with van der Waals surface area (Å²) in [6.07, 6.45) is 5.09. The van der Waals surface area contributed by atoms with Gasteiger partial charge >= 0.3 is 0 Å². The topological polar surface area (TPSA) is 73.9 Å². The van der Waals surface area contributed by atoms with Crippen molar-refractivity contribution in [2.45, 2.75) is 30.3 Å². The molecule has 0 aromatic heterocycles. The molecule has 0 amide bonds. The first-order chi connectivity index (χ1) is 11.0. The Kier molecular flexibility index (Phi) is 6.68. The van der Waals surface area contributed by atoms with Crippen LogP contribution in [0.5, 0.6) is 5.75 Å². The standard InChI is InChI=1S/C16H25NO5S/c1-20-10-11-22-16-7-6-14(23(2,18)19)12-15(16)17-8-9-21-13-4-3-5-13/h6-7,12-13,17H,3-5,8-11H2,1-2H3. The Balaban J connectivity index is 1.98. The Morgan fingerprint density at radius 2 is 2.00 bits per heavy atom. The van der Waals surface area contributed by atoms with Crippen molar-refractivity contribution in [3.05, 3.63) is 18.2 Å². The van der Waals surface area contributed by atoms with E-state index in [0.29, 0.717) is 43.9 Å². The predicted octanol–water partition coefficient (Wildman–Crippen LogP) is 2.10. The summed E-state index contributed by atoms with van der Waals surface area (Å²) in [5.74, 6) is 0.609. The zero-order chi connectivity index (χ0) is 16.7. The number of methoxy groups -OCH3 is 1. The summed E-state index contributed by atoms with van der Waals surface area (Å²) in [5.41, 5.74) is 0.654. The van der Waals surface area contributed by atoms with E-state index in [1.807, 2.05) is 0 Å². The van der Waals surface area contributed by atoms with Gasteiger partial charge in [-0.3, -0.25) is 0 Å². The molecular weight excluding hydrogens is 318 g/mol. The Morgan fingerprint density at radius 3 is 2.61 bits per heavy atom. The van der Waals surface area contributed by atoms with Crippen LogP contribution in [0.1, 0.15) is 19.3 Å². The second-order valence-corrected chi connectivity index (χ2v) is 7.64. The molecule has 1 aromatic rings. The van der Waals surface area contributed by atoms with Gasteiger partial charge in [0.25, 0.3) is 0 Å². The van der Waals surface area contributed by atoms with E-state index >= 15 is 0 Å². The molecule has 23 heavy (non-hydrogen) atoms. The van der Waals surface area contributed by atoms with Gasteiger partial charge in [-0.15, -0.1) is 0 Å². The Labute approximate surface area is 138 Å². The summed E-state index contributed by atoms with van der Waals surface area (Å²) in [4.78, 5) is 0.263. The second kappa shape index (κ2) is 8.52. The van der Waals surface area contributed by atoms with Crippen LogP contribution < -0.4 is 10.1 Å². The minimum absolute atomic E-state index is 0.263. The van der Waals surface area contributed by atoms with Crippen LogP contribution in [0.3, 0.4) is 0 Å². The third-order valence-corrected chi connectivity index (χ3v) is 4.86. The van der Waals surface area contributed by atoms with Gasteiger partial charge in [0.15, 0.2) is 9.84 Å². The van der Waals surface area contributed by atoms with Crippen LogP contribution in [-0.4, -0.2) is 54.3 Å². The van der Waals surface area contributed by atoms with E-state index in [9.17, 15) is 8.42 Å². The van der Waals surface area contributed by atoms with Gasteiger partial charge in [-0.2, -0.15) is 0 Å². The number of ether oxygens (including phenoxy) is 3. The van der Waals surface area contributed by atoms with Crippen LogP contribution in [0, 0.1) is 0 Å². The monoisotopic (exact) mass is 343 g/mol. The molecule has 1 aromatic carbocycles. The minimum Gasteiger partial charge on any atom is -0.489 e. The third-order valence-electron chi connectivity index (χ3n) is 3.75. The summed E-state index contributed by atoms with van der Waals surface area (Å²) >= 11 is 0. The van der Waals surface area contributed by atoms with Crippen LogP contribution in [0.4, 0.5) is 5.69 Å². The zero-order valence-electron chi connectivity index (χ0n) is 13.7. The van der Waals surface area contributed by atoms with Gasteiger partial charge in [0.1, 0.15) is 12.4 Å². The highest BCUT2D eigenvalue weighted by Crippen LogP contribution is 2.28. The maximum Gasteiger partial charge on any atom is 0.175 e. The van der Waals surface area contributed by atoms with Crippen LogP contribution in [0.25, 0.3) is 0 Å². The Morgan fingerprint density at radius 1 is 1.22 bits per heavy atom. The molecule has 130 valence electrons. The third kappa shape index (κ3) is 5.67. The molecule has 0 heterocycles. The summed E-state index contributed by atoms with van der Waals surface area (Å²) < 4.78 is 39.7. The van der Waals surface area contributed by atoms with Crippen molar-refractivity contribution in [1.82, 2.24) is 0 Å². The van der Waals surface area contributed by atoms with Gasteiger partial charge in [-0.05, 0) is 37.5 Å². The van der Waals surface area contributed by atoms with Crippen molar-refractivity contribution in [3.63, 3.8) is 0 Å². The first kappa shape index (κ1) is 18.0. The predicted molar refractivity (Wildman–Crippen MR) is 89.0 cm³/mol. The molecule has 1 saturated carbocycles. The first-order valence-corrected chi connectivity index (χ1v) is 9.71. The van der Waals surface area contributed by atoms with Crippen molar-refractivity contribution in [2.24, 2.45) is 0 Å². The van der Waals surface area contributed by atoms with Crippen molar-refractivity contribution < 1.29 is 22.6 Å². The van der Waals surface area contributed by atoms with E-state index in [-0.39, 0.29) is 4.90 Å². The van der Waals surface area contributed by atoms with Gasteiger partial charge < -0.3 is 19.5 Å². The van der Waals surface area contributed by atoms with Crippen molar-refractivity contribution >= 4 is 15.5 Å². The molecule has 0 aliphatic heterocycles. The maximum atomic E-state index is 11.7. The zero-order valence-corrected chi connectivity index (χ0v) is 14.5. The normalized spacial score (nSPS) is 15.2. The highest BCUT2D eigenvalue weighted by molar-refractivity contribution is 7.90. The molecular formula is C16H25NO5S. The van der Waals surface area contributed by atoms with Crippen LogP contribution >= 0.6 is 0 Å². The molecule has 0 saturated heterocycles. The number of hydrogen-bond acceptors (Lipinski definition) is 6. The molecule has 2 rings (SSSR count). The Hall–Kier alpha value is -1.31. The minimum atomic E-state index is -3.26. The molecule has 1 N–H and O–H groups in total. The van der Waals surface area contributed by atoms with Gasteiger partial charge in [0, 0.05) is 19.9 Å². The molecule has 1 fully saturated rings. The highest BCUT2D eigenvalue weighted by Gasteiger charge is 2.17. The number of rotatable bonds is 10. The average molecular weight is 343 g/mol. The van der Waals surface area contributed by atoms with Gasteiger partial charge in [-0.1, -0.05) is 0 Å². The number of anilines is 1. The number of benzene rings is 1. The molecule has 6 nitrogen and oxygen atoms in total. The molecule has 0 radical (unpaired) electrons. The van der Waals surface area contributed by atoms with Crippen molar-refractivity contribution in [3.8, 4) is 5.75 Å². The van der Waals surface area contributed by atoms with E-state index in [2.05, 4.69) is 5.32 Å². The van der Waals surface area contributed by atoms with E-state index in [1.165, 1.54) is 12.7 Å². The molecule has 1 aliphatic carbocycles. The second-order valence-electron chi connectivity index (χ2n) is 5.62. The van der Waals surface area contributed by atoms with Gasteiger partial charge in [0.2, 0.25) is 0 Å². The summed E-state index contributed by atoms with van der Waals surface area (Å²) in [7, 11) is -1.65. The van der Waals surface area contributed by atoms with Crippen LogP contribution in [-0.2, 0) is 19.3 Å². The largest absolute Gasteiger partial charge is 0.489 e. The Bertz CT molecular complexity index is 598. The SMILES string of the molecule is COCCOc1ccc(S(C)(=O)=O)cc1NCCOC1CCC1. The molecule has 0 unspecified atom stereocenters. The fraction of sp³-hybridized carbons (Fsp3) is 0.625. The number of nitrogens with one attached hydrogen (secondary N) is 1. The molecule has 0 spiro atoms. The lowest BCUT2D eigenvalue weighted by Crippen LogP contribution is -2.24. The van der Waals surface area contributed by atoms with Crippen LogP contribution in [0.15, 0.2) is 23.1 Å². The van der Waals surface area contributed by atoms with E-state index in [4.69, 9.17) is 14.2 Å². The van der Waals surface area contributed by atoms with Crippen LogP contribution in [0.2, 0.25) is 0 Å². The highest BCUT2D eigenvalue weighted by atomic mass is 32.2. The smallest absolute Gasteiger partial charge is 0.175 e. The average Bonchev–Trinajstić information content (AvgIpc) is 2.45. The lowest BCUT2D eigenvalue weighted by Gasteiger charge is -2.25. The maximum absolute atomic E-state index is 11.7. The van der Waals surface area contributed by atoms with Crippen molar-refractivity contribution in [1.29, 1.82) is 0 Å². The lowest BCUT2D eigenvalue weighted by molar-refractivity contribution is 0.00811. The number of sulfone groups is 1. The van der Waals surface area contributed by atoms with E-state index in [1.54, 1.807) is 25.3 Å². The van der Waals surface area contributed by atoms with E-state index < -0.39 is 9.84 Å². The molecule has 0 bridgehead atoms. The quantitative estimate of drug-likeness (QED) is 0.656. The summed E-state index contributed by atoms with van der Waals surface area (Å²) in [6.45, 7) is 2.07. The fourth-order valence-electron chi connectivity index (χ4n) is 2.19. The molecule has 7 heteroatoms. The van der Waals surface area contributed by atoms with Crippen molar-refractivity contribution in [2.75, 3.05) is 45.0 Å². The number of hydrogen-bond donors (Lipinski definition) is 1. The molecule has 0 atom stereocenters. The van der Waals surface area contributed by atoms with Gasteiger partial charge in [-0.25, -0.2) is 8.42 Å².